The normalized spacial score (nSPS) is 19.2. The van der Waals surface area contributed by atoms with Crippen LogP contribution in [0, 0.1) is 5.92 Å². The number of pyridine rings is 1. The molecule has 10 nitrogen and oxygen atoms in total. The monoisotopic (exact) mass is 396 g/mol. The van der Waals surface area contributed by atoms with Crippen LogP contribution in [0.2, 0.25) is 0 Å². The first-order valence-electron chi connectivity index (χ1n) is 9.25. The molecule has 1 saturated carbocycles. The number of aromatic nitrogens is 5. The lowest BCUT2D eigenvalue weighted by Gasteiger charge is -2.28. The fourth-order valence-electron chi connectivity index (χ4n) is 3.76. The second kappa shape index (κ2) is 7.46. The molecule has 0 bridgehead atoms. The summed E-state index contributed by atoms with van der Waals surface area (Å²) in [5, 5.41) is 9.26. The fraction of sp³-hybridized carbons (Fsp3) is 0.368. The Morgan fingerprint density at radius 2 is 1.97 bits per heavy atom. The van der Waals surface area contributed by atoms with E-state index in [2.05, 4.69) is 19.9 Å². The van der Waals surface area contributed by atoms with E-state index in [9.17, 15) is 14.7 Å². The second-order valence-electron chi connectivity index (χ2n) is 6.99. The Balaban J connectivity index is 1.86. The summed E-state index contributed by atoms with van der Waals surface area (Å²) >= 11 is 0. The van der Waals surface area contributed by atoms with Gasteiger partial charge in [-0.05, 0) is 37.8 Å². The molecular weight excluding hydrogens is 376 g/mol. The number of nitrogens with zero attached hydrogens (tertiary/aromatic N) is 5. The summed E-state index contributed by atoms with van der Waals surface area (Å²) in [5.41, 5.74) is 6.86. The minimum Gasteiger partial charge on any atom is -0.495 e. The summed E-state index contributed by atoms with van der Waals surface area (Å²) in [6, 6.07) is 3.15. The van der Waals surface area contributed by atoms with Gasteiger partial charge in [0.2, 0.25) is 0 Å². The molecule has 3 N–H and O–H groups in total. The first kappa shape index (κ1) is 18.8. The van der Waals surface area contributed by atoms with E-state index in [1.54, 1.807) is 16.7 Å². The summed E-state index contributed by atoms with van der Waals surface area (Å²) in [6.07, 6.45) is 4.89. The second-order valence-corrected chi connectivity index (χ2v) is 6.99. The van der Waals surface area contributed by atoms with Crippen LogP contribution in [-0.2, 0) is 4.79 Å². The third kappa shape index (κ3) is 3.37. The van der Waals surface area contributed by atoms with Gasteiger partial charge >= 0.3 is 5.97 Å². The van der Waals surface area contributed by atoms with Crippen LogP contribution < -0.4 is 16.0 Å². The molecule has 0 aliphatic heterocycles. The van der Waals surface area contributed by atoms with Crippen molar-refractivity contribution in [2.75, 3.05) is 12.8 Å². The third-order valence-electron chi connectivity index (χ3n) is 5.33. The van der Waals surface area contributed by atoms with Gasteiger partial charge in [0.15, 0.2) is 17.2 Å². The molecular formula is C19H20N6O4. The number of hydrogen-bond donors (Lipinski definition) is 2. The molecule has 0 amide bonds. The molecule has 29 heavy (non-hydrogen) atoms. The maximum Gasteiger partial charge on any atom is 0.306 e. The van der Waals surface area contributed by atoms with Crippen LogP contribution in [0.3, 0.4) is 0 Å². The van der Waals surface area contributed by atoms with E-state index >= 15 is 0 Å². The number of nitrogens with two attached hydrogens (primary N) is 1. The Morgan fingerprint density at radius 3 is 2.59 bits per heavy atom. The highest BCUT2D eigenvalue weighted by Gasteiger charge is 2.30. The van der Waals surface area contributed by atoms with Crippen molar-refractivity contribution in [2.45, 2.75) is 31.7 Å². The molecule has 0 spiro atoms. The van der Waals surface area contributed by atoms with E-state index in [-0.39, 0.29) is 23.1 Å². The zero-order chi connectivity index (χ0) is 20.5. The molecule has 3 aromatic rings. The van der Waals surface area contributed by atoms with Crippen molar-refractivity contribution in [3.63, 3.8) is 0 Å². The van der Waals surface area contributed by atoms with E-state index in [0.717, 1.165) is 0 Å². The first-order valence-corrected chi connectivity index (χ1v) is 9.25. The van der Waals surface area contributed by atoms with Crippen LogP contribution >= 0.6 is 0 Å². The minimum absolute atomic E-state index is 0.141. The SMILES string of the molecule is COc1ccc(-c2nc3c(N)ncnc3n(C3CCC(C(=O)O)CC3)c2=O)nc1. The van der Waals surface area contributed by atoms with Crippen molar-refractivity contribution in [3.8, 4) is 17.1 Å². The third-order valence-corrected chi connectivity index (χ3v) is 5.33. The maximum atomic E-state index is 13.4. The molecule has 4 rings (SSSR count). The Labute approximate surface area is 165 Å². The van der Waals surface area contributed by atoms with Gasteiger partial charge in [0, 0.05) is 6.04 Å². The van der Waals surface area contributed by atoms with E-state index < -0.39 is 11.9 Å². The Bertz CT molecular complexity index is 1120. The zero-order valence-electron chi connectivity index (χ0n) is 15.8. The quantitative estimate of drug-likeness (QED) is 0.672. The van der Waals surface area contributed by atoms with Gasteiger partial charge in [-0.25, -0.2) is 15.0 Å². The summed E-state index contributed by atoms with van der Waals surface area (Å²) in [6.45, 7) is 0. The van der Waals surface area contributed by atoms with Crippen molar-refractivity contribution in [2.24, 2.45) is 5.92 Å². The van der Waals surface area contributed by atoms with Gasteiger partial charge in [-0.3, -0.25) is 19.1 Å². The van der Waals surface area contributed by atoms with Crippen molar-refractivity contribution < 1.29 is 14.6 Å². The van der Waals surface area contributed by atoms with Crippen molar-refractivity contribution >= 4 is 23.0 Å². The summed E-state index contributed by atoms with van der Waals surface area (Å²) < 4.78 is 6.69. The molecule has 1 aliphatic rings. The lowest BCUT2D eigenvalue weighted by atomic mass is 9.86. The molecule has 0 aromatic carbocycles. The number of anilines is 1. The van der Waals surface area contributed by atoms with Crippen LogP contribution in [0.25, 0.3) is 22.6 Å². The highest BCUT2D eigenvalue weighted by Crippen LogP contribution is 2.33. The topological polar surface area (TPSA) is 146 Å². The highest BCUT2D eigenvalue weighted by atomic mass is 16.5. The van der Waals surface area contributed by atoms with Gasteiger partial charge < -0.3 is 15.6 Å². The number of hydrogen-bond acceptors (Lipinski definition) is 8. The van der Waals surface area contributed by atoms with E-state index in [4.69, 9.17) is 10.5 Å². The minimum atomic E-state index is -0.801. The van der Waals surface area contributed by atoms with Crippen molar-refractivity contribution in [1.29, 1.82) is 0 Å². The highest BCUT2D eigenvalue weighted by molar-refractivity contribution is 5.82. The molecule has 0 saturated heterocycles. The van der Waals surface area contributed by atoms with Crippen LogP contribution in [0.4, 0.5) is 5.82 Å². The lowest BCUT2D eigenvalue weighted by Crippen LogP contribution is -2.32. The molecule has 150 valence electrons. The number of rotatable bonds is 4. The zero-order valence-corrected chi connectivity index (χ0v) is 15.8. The van der Waals surface area contributed by atoms with Crippen LogP contribution in [0.5, 0.6) is 5.75 Å². The van der Waals surface area contributed by atoms with Crippen molar-refractivity contribution in [1.82, 2.24) is 24.5 Å². The Morgan fingerprint density at radius 1 is 1.21 bits per heavy atom. The molecule has 1 fully saturated rings. The Kier molecular flexibility index (Phi) is 4.83. The van der Waals surface area contributed by atoms with Gasteiger partial charge in [0.05, 0.1) is 24.9 Å². The molecule has 3 heterocycles. The molecule has 3 aromatic heterocycles. The smallest absolute Gasteiger partial charge is 0.306 e. The van der Waals surface area contributed by atoms with Crippen LogP contribution in [0.15, 0.2) is 29.5 Å². The lowest BCUT2D eigenvalue weighted by molar-refractivity contribution is -0.143. The van der Waals surface area contributed by atoms with Crippen LogP contribution in [0.1, 0.15) is 31.7 Å². The number of ether oxygens (including phenoxy) is 1. The average molecular weight is 396 g/mol. The fourth-order valence-corrected chi connectivity index (χ4v) is 3.76. The number of nitrogen functional groups attached to an aromatic ring is 1. The van der Waals surface area contributed by atoms with Gasteiger partial charge in [0.1, 0.15) is 17.6 Å². The maximum absolute atomic E-state index is 13.4. The number of carboxylic acids is 1. The molecule has 0 radical (unpaired) electrons. The van der Waals surface area contributed by atoms with Gasteiger partial charge in [0.25, 0.3) is 5.56 Å². The predicted octanol–water partition coefficient (Wildman–Crippen LogP) is 1.66. The van der Waals surface area contributed by atoms with Crippen molar-refractivity contribution in [3.05, 3.63) is 35.0 Å². The summed E-state index contributed by atoms with van der Waals surface area (Å²) in [7, 11) is 1.53. The van der Waals surface area contributed by atoms with Crippen LogP contribution in [-0.4, -0.2) is 42.7 Å². The summed E-state index contributed by atoms with van der Waals surface area (Å²) in [4.78, 5) is 41.6. The number of carboxylic acid groups (broad SMARTS) is 1. The van der Waals surface area contributed by atoms with Gasteiger partial charge in [-0.1, -0.05) is 0 Å². The predicted molar refractivity (Wildman–Crippen MR) is 104 cm³/mol. The Hall–Kier alpha value is -3.56. The molecule has 0 unspecified atom stereocenters. The van der Waals surface area contributed by atoms with E-state index in [1.807, 2.05) is 0 Å². The largest absolute Gasteiger partial charge is 0.495 e. The average Bonchev–Trinajstić information content (AvgIpc) is 2.74. The van der Waals surface area contributed by atoms with Gasteiger partial charge in [-0.2, -0.15) is 0 Å². The summed E-state index contributed by atoms with van der Waals surface area (Å²) in [5.74, 6) is -0.468. The number of carbonyl (C=O) groups is 1. The number of aliphatic carboxylic acids is 1. The first-order chi connectivity index (χ1) is 14.0. The molecule has 10 heteroatoms. The van der Waals surface area contributed by atoms with E-state index in [1.165, 1.54) is 19.6 Å². The van der Waals surface area contributed by atoms with E-state index in [0.29, 0.717) is 48.3 Å². The standard InChI is InChI=1S/C19H20N6O4/c1-29-12-6-7-13(21-8-12)14-18(26)25(11-4-2-10(3-5-11)19(27)28)17-15(24-14)16(20)22-9-23-17/h6-11H,2-5H2,1H3,(H,27,28)(H2,20,22,23). The van der Waals surface area contributed by atoms with Gasteiger partial charge in [-0.15, -0.1) is 0 Å². The number of fused-ring (bicyclic) bond motifs is 1. The molecule has 1 aliphatic carbocycles. The number of methoxy groups -OCH3 is 1. The molecule has 0 atom stereocenters.